The third kappa shape index (κ3) is 3.17. The first-order valence-electron chi connectivity index (χ1n) is 6.98. The van der Waals surface area contributed by atoms with Gasteiger partial charge in [-0.1, -0.05) is 18.2 Å². The molecule has 1 aliphatic rings. The molecule has 1 fully saturated rings. The molecule has 1 aromatic carbocycles. The first-order chi connectivity index (χ1) is 10.6. The lowest BCUT2D eigenvalue weighted by atomic mass is 9.98. The highest BCUT2D eigenvalue weighted by molar-refractivity contribution is 7.12. The highest BCUT2D eigenvalue weighted by atomic mass is 32.1. The molecule has 0 bridgehead atoms. The van der Waals surface area contributed by atoms with Gasteiger partial charge in [0, 0.05) is 19.6 Å². The Kier molecular flexibility index (Phi) is 4.20. The SMILES string of the molecule is O=C(NCc1ccc(F)cc1)C1CN(C(=O)c2cccs2)C1. The number of carbonyl (C=O) groups is 2. The average Bonchev–Trinajstić information content (AvgIpc) is 2.99. The van der Waals surface area contributed by atoms with Gasteiger partial charge in [-0.3, -0.25) is 9.59 Å². The fourth-order valence-corrected chi connectivity index (χ4v) is 2.99. The summed E-state index contributed by atoms with van der Waals surface area (Å²) in [6.07, 6.45) is 0. The van der Waals surface area contributed by atoms with Crippen LogP contribution in [0.2, 0.25) is 0 Å². The van der Waals surface area contributed by atoms with Crippen LogP contribution in [0, 0.1) is 11.7 Å². The summed E-state index contributed by atoms with van der Waals surface area (Å²) in [6.45, 7) is 1.27. The van der Waals surface area contributed by atoms with E-state index in [0.29, 0.717) is 24.5 Å². The summed E-state index contributed by atoms with van der Waals surface area (Å²) in [5, 5.41) is 4.68. The highest BCUT2D eigenvalue weighted by Crippen LogP contribution is 2.21. The van der Waals surface area contributed by atoms with Crippen molar-refractivity contribution in [3.05, 3.63) is 58.0 Å². The molecule has 2 aromatic rings. The molecule has 2 amide bonds. The summed E-state index contributed by atoms with van der Waals surface area (Å²) in [6, 6.07) is 9.64. The van der Waals surface area contributed by atoms with Crippen molar-refractivity contribution in [3.8, 4) is 0 Å². The van der Waals surface area contributed by atoms with Crippen LogP contribution in [0.4, 0.5) is 4.39 Å². The van der Waals surface area contributed by atoms with Gasteiger partial charge in [0.15, 0.2) is 0 Å². The van der Waals surface area contributed by atoms with E-state index in [9.17, 15) is 14.0 Å². The van der Waals surface area contributed by atoms with E-state index < -0.39 is 0 Å². The molecule has 6 heteroatoms. The fraction of sp³-hybridized carbons (Fsp3) is 0.250. The maximum atomic E-state index is 12.8. The third-order valence-electron chi connectivity index (χ3n) is 3.65. The Morgan fingerprint density at radius 3 is 2.59 bits per heavy atom. The maximum Gasteiger partial charge on any atom is 0.263 e. The molecule has 2 heterocycles. The summed E-state index contributed by atoms with van der Waals surface area (Å²) in [7, 11) is 0. The van der Waals surface area contributed by atoms with Crippen molar-refractivity contribution >= 4 is 23.2 Å². The maximum absolute atomic E-state index is 12.8. The van der Waals surface area contributed by atoms with Gasteiger partial charge in [-0.15, -0.1) is 11.3 Å². The van der Waals surface area contributed by atoms with Gasteiger partial charge in [0.25, 0.3) is 5.91 Å². The van der Waals surface area contributed by atoms with Crippen molar-refractivity contribution in [1.82, 2.24) is 10.2 Å². The number of nitrogens with zero attached hydrogens (tertiary/aromatic N) is 1. The Morgan fingerprint density at radius 2 is 1.95 bits per heavy atom. The predicted octanol–water partition coefficient (Wildman–Crippen LogP) is 2.28. The molecule has 1 aliphatic heterocycles. The van der Waals surface area contributed by atoms with Crippen LogP contribution in [0.25, 0.3) is 0 Å². The topological polar surface area (TPSA) is 49.4 Å². The average molecular weight is 318 g/mol. The standard InChI is InChI=1S/C16H15FN2O2S/c17-13-5-3-11(4-6-13)8-18-15(20)12-9-19(10-12)16(21)14-2-1-7-22-14/h1-7,12H,8-10H2,(H,18,20). The molecule has 1 aromatic heterocycles. The third-order valence-corrected chi connectivity index (χ3v) is 4.51. The van der Waals surface area contributed by atoms with Crippen LogP contribution >= 0.6 is 11.3 Å². The van der Waals surface area contributed by atoms with E-state index in [2.05, 4.69) is 5.32 Å². The Hall–Kier alpha value is -2.21. The van der Waals surface area contributed by atoms with Gasteiger partial charge in [-0.2, -0.15) is 0 Å². The lowest BCUT2D eigenvalue weighted by Gasteiger charge is -2.37. The molecule has 0 radical (unpaired) electrons. The zero-order chi connectivity index (χ0) is 15.5. The van der Waals surface area contributed by atoms with E-state index in [1.165, 1.54) is 23.5 Å². The minimum Gasteiger partial charge on any atom is -0.352 e. The van der Waals surface area contributed by atoms with E-state index in [-0.39, 0.29) is 23.5 Å². The van der Waals surface area contributed by atoms with Crippen LogP contribution in [0.5, 0.6) is 0 Å². The van der Waals surface area contributed by atoms with Crippen molar-refractivity contribution in [2.75, 3.05) is 13.1 Å². The summed E-state index contributed by atoms with van der Waals surface area (Å²) >= 11 is 1.40. The van der Waals surface area contributed by atoms with Crippen LogP contribution < -0.4 is 5.32 Å². The molecular formula is C16H15FN2O2S. The monoisotopic (exact) mass is 318 g/mol. The van der Waals surface area contributed by atoms with Crippen LogP contribution in [0.3, 0.4) is 0 Å². The number of hydrogen-bond acceptors (Lipinski definition) is 3. The number of likely N-dealkylation sites (tertiary alicyclic amines) is 1. The number of thiophene rings is 1. The molecule has 0 spiro atoms. The Labute approximate surface area is 131 Å². The van der Waals surface area contributed by atoms with Crippen LogP contribution in [-0.2, 0) is 11.3 Å². The van der Waals surface area contributed by atoms with Crippen LogP contribution in [-0.4, -0.2) is 29.8 Å². The van der Waals surface area contributed by atoms with Gasteiger partial charge in [-0.05, 0) is 29.1 Å². The lowest BCUT2D eigenvalue weighted by Crippen LogP contribution is -2.55. The van der Waals surface area contributed by atoms with Crippen molar-refractivity contribution in [2.45, 2.75) is 6.54 Å². The largest absolute Gasteiger partial charge is 0.352 e. The lowest BCUT2D eigenvalue weighted by molar-refractivity contribution is -0.129. The predicted molar refractivity (Wildman–Crippen MR) is 82.0 cm³/mol. The van der Waals surface area contributed by atoms with E-state index in [4.69, 9.17) is 0 Å². The van der Waals surface area contributed by atoms with Gasteiger partial charge in [0.1, 0.15) is 5.82 Å². The van der Waals surface area contributed by atoms with Crippen molar-refractivity contribution in [1.29, 1.82) is 0 Å². The summed E-state index contributed by atoms with van der Waals surface area (Å²) in [4.78, 5) is 26.4. The van der Waals surface area contributed by atoms with Gasteiger partial charge >= 0.3 is 0 Å². The van der Waals surface area contributed by atoms with Gasteiger partial charge < -0.3 is 10.2 Å². The normalized spacial score (nSPS) is 14.5. The quantitative estimate of drug-likeness (QED) is 0.940. The number of rotatable bonds is 4. The summed E-state index contributed by atoms with van der Waals surface area (Å²) < 4.78 is 12.8. The van der Waals surface area contributed by atoms with Gasteiger partial charge in [-0.25, -0.2) is 4.39 Å². The smallest absolute Gasteiger partial charge is 0.263 e. The second kappa shape index (κ2) is 6.27. The van der Waals surface area contributed by atoms with Crippen molar-refractivity contribution in [2.24, 2.45) is 5.92 Å². The first-order valence-corrected chi connectivity index (χ1v) is 7.86. The van der Waals surface area contributed by atoms with Crippen molar-refractivity contribution in [3.63, 3.8) is 0 Å². The van der Waals surface area contributed by atoms with Crippen LogP contribution in [0.15, 0.2) is 41.8 Å². The van der Waals surface area contributed by atoms with E-state index >= 15 is 0 Å². The summed E-state index contributed by atoms with van der Waals surface area (Å²) in [5.74, 6) is -0.543. The highest BCUT2D eigenvalue weighted by Gasteiger charge is 2.36. The second-order valence-corrected chi connectivity index (χ2v) is 6.18. The Morgan fingerprint density at radius 1 is 1.23 bits per heavy atom. The number of nitrogens with one attached hydrogen (secondary N) is 1. The van der Waals surface area contributed by atoms with Gasteiger partial charge in [0.2, 0.25) is 5.91 Å². The van der Waals surface area contributed by atoms with Gasteiger partial charge in [0.05, 0.1) is 10.8 Å². The first kappa shape index (κ1) is 14.7. The Balaban J connectivity index is 1.45. The number of hydrogen-bond donors (Lipinski definition) is 1. The molecule has 22 heavy (non-hydrogen) atoms. The number of amides is 2. The molecule has 0 aliphatic carbocycles. The fourth-order valence-electron chi connectivity index (χ4n) is 2.30. The van der Waals surface area contributed by atoms with E-state index in [1.54, 1.807) is 23.1 Å². The van der Waals surface area contributed by atoms with Crippen LogP contribution in [0.1, 0.15) is 15.2 Å². The molecule has 3 rings (SSSR count). The molecule has 0 saturated carbocycles. The zero-order valence-electron chi connectivity index (χ0n) is 11.8. The minimum atomic E-state index is -0.295. The van der Waals surface area contributed by atoms with E-state index in [0.717, 1.165) is 5.56 Å². The molecule has 114 valence electrons. The molecule has 0 unspecified atom stereocenters. The molecular weight excluding hydrogens is 303 g/mol. The number of carbonyl (C=O) groups excluding carboxylic acids is 2. The molecule has 1 N–H and O–H groups in total. The van der Waals surface area contributed by atoms with Crippen molar-refractivity contribution < 1.29 is 14.0 Å². The minimum absolute atomic E-state index is 0.0161. The molecule has 0 atom stereocenters. The molecule has 4 nitrogen and oxygen atoms in total. The Bertz CT molecular complexity index is 664. The van der Waals surface area contributed by atoms with E-state index in [1.807, 2.05) is 11.4 Å². The molecule has 1 saturated heterocycles. The second-order valence-electron chi connectivity index (χ2n) is 5.23. The summed E-state index contributed by atoms with van der Waals surface area (Å²) in [5.41, 5.74) is 0.848. The number of benzene rings is 1. The number of halogens is 1. The zero-order valence-corrected chi connectivity index (χ0v) is 12.6.